The Labute approximate surface area is 83.1 Å². The van der Waals surface area contributed by atoms with Crippen molar-refractivity contribution in [1.82, 2.24) is 9.88 Å². The Bertz CT molecular complexity index is 324. The lowest BCUT2D eigenvalue weighted by Gasteiger charge is -2.08. The summed E-state index contributed by atoms with van der Waals surface area (Å²) in [5.74, 6) is 0.628. The number of hydrogen-bond donors (Lipinski definition) is 1. The monoisotopic (exact) mass is 194 g/mol. The Kier molecular flexibility index (Phi) is 2.65. The minimum absolute atomic E-state index is 0.0413. The van der Waals surface area contributed by atoms with Gasteiger partial charge in [-0.15, -0.1) is 0 Å². The normalized spacial score (nSPS) is 15.6. The van der Waals surface area contributed by atoms with Crippen molar-refractivity contribution in [2.45, 2.75) is 13.2 Å². The molecule has 0 radical (unpaired) electrons. The van der Waals surface area contributed by atoms with Crippen LogP contribution >= 0.6 is 0 Å². The van der Waals surface area contributed by atoms with Crippen molar-refractivity contribution in [3.8, 4) is 5.88 Å². The van der Waals surface area contributed by atoms with Gasteiger partial charge < -0.3 is 9.84 Å². The molecule has 2 heterocycles. The third kappa shape index (κ3) is 2.02. The standard InChI is InChI=1S/C10H14N2O2/c1-14-10-8(6-12-4-5-12)2-3-9(7-13)11-10/h2-3,13H,4-7H2,1H3. The molecule has 2 rings (SSSR count). The first-order chi connectivity index (χ1) is 6.83. The highest BCUT2D eigenvalue weighted by Crippen LogP contribution is 2.20. The van der Waals surface area contributed by atoms with E-state index < -0.39 is 0 Å². The first kappa shape index (κ1) is 9.43. The maximum atomic E-state index is 8.91. The van der Waals surface area contributed by atoms with Crippen LogP contribution in [0.25, 0.3) is 0 Å². The van der Waals surface area contributed by atoms with Gasteiger partial charge in [0.15, 0.2) is 0 Å². The lowest BCUT2D eigenvalue weighted by atomic mass is 10.2. The predicted octanol–water partition coefficient (Wildman–Crippen LogP) is 0.398. The van der Waals surface area contributed by atoms with Crippen molar-refractivity contribution >= 4 is 0 Å². The quantitative estimate of drug-likeness (QED) is 0.705. The average molecular weight is 194 g/mol. The second-order valence-electron chi connectivity index (χ2n) is 3.41. The van der Waals surface area contributed by atoms with Crippen molar-refractivity contribution in [2.75, 3.05) is 20.2 Å². The number of ether oxygens (including phenoxy) is 1. The van der Waals surface area contributed by atoms with Crippen LogP contribution in [-0.2, 0) is 13.2 Å². The van der Waals surface area contributed by atoms with E-state index in [0.717, 1.165) is 25.2 Å². The summed E-state index contributed by atoms with van der Waals surface area (Å²) in [4.78, 5) is 6.48. The first-order valence-electron chi connectivity index (χ1n) is 4.69. The molecule has 4 nitrogen and oxygen atoms in total. The molecule has 0 amide bonds. The summed E-state index contributed by atoms with van der Waals surface area (Å²) < 4.78 is 5.17. The second-order valence-corrected chi connectivity index (χ2v) is 3.41. The van der Waals surface area contributed by atoms with E-state index in [9.17, 15) is 0 Å². The van der Waals surface area contributed by atoms with E-state index in [2.05, 4.69) is 9.88 Å². The van der Waals surface area contributed by atoms with E-state index in [1.807, 2.05) is 12.1 Å². The largest absolute Gasteiger partial charge is 0.481 e. The SMILES string of the molecule is COc1nc(CO)ccc1CN1CC1. The Morgan fingerprint density at radius 3 is 2.86 bits per heavy atom. The molecule has 4 heteroatoms. The minimum atomic E-state index is -0.0413. The van der Waals surface area contributed by atoms with E-state index in [4.69, 9.17) is 9.84 Å². The van der Waals surface area contributed by atoms with Crippen molar-refractivity contribution in [3.05, 3.63) is 23.4 Å². The average Bonchev–Trinajstić information content (AvgIpc) is 3.02. The third-order valence-electron chi connectivity index (χ3n) is 2.29. The van der Waals surface area contributed by atoms with Gasteiger partial charge in [0.1, 0.15) is 0 Å². The first-order valence-corrected chi connectivity index (χ1v) is 4.69. The van der Waals surface area contributed by atoms with E-state index in [0.29, 0.717) is 11.6 Å². The molecule has 0 spiro atoms. The van der Waals surface area contributed by atoms with Crippen LogP contribution in [0.2, 0.25) is 0 Å². The van der Waals surface area contributed by atoms with Crippen LogP contribution in [0.3, 0.4) is 0 Å². The molecular formula is C10H14N2O2. The highest BCUT2D eigenvalue weighted by Gasteiger charge is 2.19. The molecule has 0 unspecified atom stereocenters. The van der Waals surface area contributed by atoms with Crippen molar-refractivity contribution in [3.63, 3.8) is 0 Å². The van der Waals surface area contributed by atoms with E-state index >= 15 is 0 Å². The van der Waals surface area contributed by atoms with Gasteiger partial charge in [-0.2, -0.15) is 0 Å². The molecule has 1 aromatic heterocycles. The van der Waals surface area contributed by atoms with Crippen LogP contribution in [0, 0.1) is 0 Å². The summed E-state index contributed by atoms with van der Waals surface area (Å²) in [6.45, 7) is 3.16. The number of rotatable bonds is 4. The number of methoxy groups -OCH3 is 1. The smallest absolute Gasteiger partial charge is 0.217 e. The van der Waals surface area contributed by atoms with Gasteiger partial charge in [0, 0.05) is 25.2 Å². The number of hydrogen-bond acceptors (Lipinski definition) is 4. The van der Waals surface area contributed by atoms with Crippen LogP contribution in [0.4, 0.5) is 0 Å². The van der Waals surface area contributed by atoms with Gasteiger partial charge in [-0.05, 0) is 6.07 Å². The molecular weight excluding hydrogens is 180 g/mol. The number of aliphatic hydroxyl groups is 1. The molecule has 76 valence electrons. The molecule has 0 aliphatic carbocycles. The molecule has 0 bridgehead atoms. The van der Waals surface area contributed by atoms with E-state index in [-0.39, 0.29) is 6.61 Å². The van der Waals surface area contributed by atoms with Gasteiger partial charge in [0.05, 0.1) is 19.4 Å². The van der Waals surface area contributed by atoms with Gasteiger partial charge >= 0.3 is 0 Å². The number of pyridine rings is 1. The van der Waals surface area contributed by atoms with Crippen LogP contribution in [0.15, 0.2) is 12.1 Å². The van der Waals surface area contributed by atoms with E-state index in [1.54, 1.807) is 7.11 Å². The van der Waals surface area contributed by atoms with Crippen molar-refractivity contribution < 1.29 is 9.84 Å². The summed E-state index contributed by atoms with van der Waals surface area (Å²) in [5, 5.41) is 8.91. The van der Waals surface area contributed by atoms with E-state index in [1.165, 1.54) is 0 Å². The molecule has 0 saturated carbocycles. The highest BCUT2D eigenvalue weighted by molar-refractivity contribution is 5.28. The zero-order valence-corrected chi connectivity index (χ0v) is 8.23. The zero-order chi connectivity index (χ0) is 9.97. The Balaban J connectivity index is 2.19. The molecule has 0 atom stereocenters. The molecule has 1 fully saturated rings. The lowest BCUT2D eigenvalue weighted by Crippen LogP contribution is -2.03. The molecule has 1 aliphatic rings. The number of nitrogens with zero attached hydrogens (tertiary/aromatic N) is 2. The molecule has 0 aromatic carbocycles. The summed E-state index contributed by atoms with van der Waals surface area (Å²) in [7, 11) is 1.61. The van der Waals surface area contributed by atoms with Crippen LogP contribution in [0.5, 0.6) is 5.88 Å². The van der Waals surface area contributed by atoms with Gasteiger partial charge in [-0.3, -0.25) is 4.90 Å². The Morgan fingerprint density at radius 2 is 2.29 bits per heavy atom. The maximum Gasteiger partial charge on any atom is 0.217 e. The van der Waals surface area contributed by atoms with Crippen LogP contribution < -0.4 is 4.74 Å². The number of aliphatic hydroxyl groups excluding tert-OH is 1. The van der Waals surface area contributed by atoms with Crippen LogP contribution in [0.1, 0.15) is 11.3 Å². The third-order valence-corrected chi connectivity index (χ3v) is 2.29. The Hall–Kier alpha value is -1.13. The van der Waals surface area contributed by atoms with Crippen LogP contribution in [-0.4, -0.2) is 35.2 Å². The van der Waals surface area contributed by atoms with Crippen molar-refractivity contribution in [2.24, 2.45) is 0 Å². The van der Waals surface area contributed by atoms with Gasteiger partial charge in [0.2, 0.25) is 5.88 Å². The Morgan fingerprint density at radius 1 is 1.50 bits per heavy atom. The lowest BCUT2D eigenvalue weighted by molar-refractivity contribution is 0.274. The molecule has 1 N–H and O–H groups in total. The highest BCUT2D eigenvalue weighted by atomic mass is 16.5. The summed E-state index contributed by atoms with van der Waals surface area (Å²) in [6.07, 6.45) is 0. The summed E-state index contributed by atoms with van der Waals surface area (Å²) in [5.41, 5.74) is 1.73. The fourth-order valence-corrected chi connectivity index (χ4v) is 1.36. The summed E-state index contributed by atoms with van der Waals surface area (Å²) in [6, 6.07) is 3.80. The second kappa shape index (κ2) is 3.94. The minimum Gasteiger partial charge on any atom is -0.481 e. The fraction of sp³-hybridized carbons (Fsp3) is 0.500. The van der Waals surface area contributed by atoms with Crippen molar-refractivity contribution in [1.29, 1.82) is 0 Å². The molecule has 14 heavy (non-hydrogen) atoms. The molecule has 1 saturated heterocycles. The van der Waals surface area contributed by atoms with Gasteiger partial charge in [-0.1, -0.05) is 6.07 Å². The molecule has 1 aromatic rings. The van der Waals surface area contributed by atoms with Gasteiger partial charge in [-0.25, -0.2) is 4.98 Å². The topological polar surface area (TPSA) is 45.4 Å². The number of aromatic nitrogens is 1. The summed E-state index contributed by atoms with van der Waals surface area (Å²) >= 11 is 0. The maximum absolute atomic E-state index is 8.91. The van der Waals surface area contributed by atoms with Gasteiger partial charge in [0.25, 0.3) is 0 Å². The zero-order valence-electron chi connectivity index (χ0n) is 8.23. The molecule has 1 aliphatic heterocycles. The fourth-order valence-electron chi connectivity index (χ4n) is 1.36. The predicted molar refractivity (Wildman–Crippen MR) is 52.0 cm³/mol.